The molecule has 0 radical (unpaired) electrons. The first kappa shape index (κ1) is 15.7. The van der Waals surface area contributed by atoms with Gasteiger partial charge in [0, 0.05) is 38.6 Å². The van der Waals surface area contributed by atoms with Gasteiger partial charge in [-0.25, -0.2) is 4.98 Å². The molecule has 0 aliphatic carbocycles. The zero-order valence-corrected chi connectivity index (χ0v) is 13.3. The fraction of sp³-hybridized carbons (Fsp3) is 0.400. The number of aryl methyl sites for hydroxylation is 1. The summed E-state index contributed by atoms with van der Waals surface area (Å²) < 4.78 is 1.69. The second kappa shape index (κ2) is 6.95. The van der Waals surface area contributed by atoms with Crippen LogP contribution < -0.4 is 10.6 Å². The Morgan fingerprint density at radius 3 is 3.17 bits per heavy atom. The molecule has 124 valence electrons. The maximum atomic E-state index is 11.7. The summed E-state index contributed by atoms with van der Waals surface area (Å²) in [6, 6.07) is 3.80. The Hall–Kier alpha value is -3.15. The Kier molecular flexibility index (Phi) is 4.56. The third kappa shape index (κ3) is 3.78. The smallest absolute Gasteiger partial charge is 0.236 e. The van der Waals surface area contributed by atoms with E-state index in [0.717, 1.165) is 12.1 Å². The minimum Gasteiger partial charge on any atom is -0.365 e. The zero-order valence-electron chi connectivity index (χ0n) is 13.3. The molecule has 1 amide bonds. The largest absolute Gasteiger partial charge is 0.365 e. The van der Waals surface area contributed by atoms with Crippen molar-refractivity contribution in [3.05, 3.63) is 24.7 Å². The Balaban J connectivity index is 1.59. The first-order chi connectivity index (χ1) is 11.6. The molecule has 1 saturated heterocycles. The van der Waals surface area contributed by atoms with E-state index in [9.17, 15) is 4.79 Å². The van der Waals surface area contributed by atoms with E-state index in [1.54, 1.807) is 28.0 Å². The Morgan fingerprint density at radius 2 is 2.42 bits per heavy atom. The summed E-state index contributed by atoms with van der Waals surface area (Å²) in [4.78, 5) is 22.0. The molecular formula is C15H18N8O. The van der Waals surface area contributed by atoms with Crippen molar-refractivity contribution < 1.29 is 4.79 Å². The van der Waals surface area contributed by atoms with Gasteiger partial charge < -0.3 is 15.5 Å². The molecule has 0 spiro atoms. The molecule has 1 fully saturated rings. The van der Waals surface area contributed by atoms with Crippen LogP contribution in [0.2, 0.25) is 0 Å². The Bertz CT molecular complexity index is 765. The van der Waals surface area contributed by atoms with Gasteiger partial charge >= 0.3 is 0 Å². The number of rotatable bonds is 5. The van der Waals surface area contributed by atoms with E-state index >= 15 is 0 Å². The molecule has 1 aliphatic heterocycles. The predicted molar refractivity (Wildman–Crippen MR) is 87.4 cm³/mol. The van der Waals surface area contributed by atoms with E-state index in [-0.39, 0.29) is 18.4 Å². The van der Waals surface area contributed by atoms with Crippen LogP contribution in [-0.4, -0.2) is 49.7 Å². The number of amides is 1. The highest BCUT2D eigenvalue weighted by molar-refractivity contribution is 5.78. The van der Waals surface area contributed by atoms with Crippen LogP contribution in [0.5, 0.6) is 0 Å². The van der Waals surface area contributed by atoms with Crippen LogP contribution in [0.15, 0.2) is 24.7 Å². The number of nitrogens with zero attached hydrogens (tertiary/aromatic N) is 6. The monoisotopic (exact) mass is 326 g/mol. The molecule has 2 aromatic rings. The van der Waals surface area contributed by atoms with Crippen molar-refractivity contribution >= 4 is 23.4 Å². The summed E-state index contributed by atoms with van der Waals surface area (Å²) in [6.07, 6.45) is 5.95. The minimum absolute atomic E-state index is 0.0700. The molecule has 3 heterocycles. The molecule has 3 rings (SSSR count). The zero-order chi connectivity index (χ0) is 16.9. The average molecular weight is 326 g/mol. The summed E-state index contributed by atoms with van der Waals surface area (Å²) in [5, 5.41) is 19.1. The van der Waals surface area contributed by atoms with Gasteiger partial charge in [0.05, 0.1) is 18.0 Å². The van der Waals surface area contributed by atoms with Gasteiger partial charge in [-0.3, -0.25) is 9.48 Å². The van der Waals surface area contributed by atoms with E-state index in [1.807, 2.05) is 19.3 Å². The minimum atomic E-state index is -0.122. The number of nitriles is 1. The number of hydrogen-bond donors (Lipinski definition) is 2. The van der Waals surface area contributed by atoms with Crippen LogP contribution in [0, 0.1) is 11.3 Å². The molecule has 9 heteroatoms. The van der Waals surface area contributed by atoms with Crippen molar-refractivity contribution in [1.82, 2.24) is 24.6 Å². The highest BCUT2D eigenvalue weighted by atomic mass is 16.2. The summed E-state index contributed by atoms with van der Waals surface area (Å²) >= 11 is 0. The second-order valence-corrected chi connectivity index (χ2v) is 5.60. The van der Waals surface area contributed by atoms with E-state index in [0.29, 0.717) is 24.9 Å². The van der Waals surface area contributed by atoms with Crippen molar-refractivity contribution in [2.75, 3.05) is 23.7 Å². The lowest BCUT2D eigenvalue weighted by Crippen LogP contribution is -2.31. The molecular weight excluding hydrogens is 308 g/mol. The lowest BCUT2D eigenvalue weighted by molar-refractivity contribution is -0.129. The van der Waals surface area contributed by atoms with Gasteiger partial charge in [0.1, 0.15) is 12.2 Å². The summed E-state index contributed by atoms with van der Waals surface area (Å²) in [5.41, 5.74) is 0.809. The SMILES string of the molecule is Cn1cc(Nc2nccc(N[C@H]3CCN(C(=O)CC#N)C3)n2)cn1. The van der Waals surface area contributed by atoms with Crippen molar-refractivity contribution in [3.8, 4) is 6.07 Å². The quantitative estimate of drug-likeness (QED) is 0.838. The molecule has 0 aromatic carbocycles. The van der Waals surface area contributed by atoms with Crippen LogP contribution in [0.3, 0.4) is 0 Å². The summed E-state index contributed by atoms with van der Waals surface area (Å²) in [5.74, 6) is 1.04. The first-order valence-electron chi connectivity index (χ1n) is 7.64. The molecule has 2 aromatic heterocycles. The summed E-state index contributed by atoms with van der Waals surface area (Å²) in [7, 11) is 1.84. The van der Waals surface area contributed by atoms with Crippen LogP contribution in [-0.2, 0) is 11.8 Å². The van der Waals surface area contributed by atoms with E-state index < -0.39 is 0 Å². The number of hydrogen-bond acceptors (Lipinski definition) is 7. The Labute approximate surface area is 139 Å². The van der Waals surface area contributed by atoms with E-state index in [4.69, 9.17) is 5.26 Å². The standard InChI is InChI=1S/C15H18N8O/c1-22-9-12(8-18-22)20-15-17-6-3-13(21-15)19-11-4-7-23(10-11)14(24)2-5-16/h3,6,8-9,11H,2,4,7,10H2,1H3,(H2,17,19,20,21)/t11-/m0/s1. The third-order valence-electron chi connectivity index (χ3n) is 3.74. The number of nitrogens with one attached hydrogen (secondary N) is 2. The molecule has 0 saturated carbocycles. The fourth-order valence-electron chi connectivity index (χ4n) is 2.61. The van der Waals surface area contributed by atoms with E-state index in [1.165, 1.54) is 0 Å². The van der Waals surface area contributed by atoms with Crippen molar-refractivity contribution in [2.45, 2.75) is 18.9 Å². The van der Waals surface area contributed by atoms with Gasteiger partial charge in [-0.2, -0.15) is 15.3 Å². The third-order valence-corrected chi connectivity index (χ3v) is 3.74. The topological polar surface area (TPSA) is 112 Å². The highest BCUT2D eigenvalue weighted by Crippen LogP contribution is 2.17. The van der Waals surface area contributed by atoms with Gasteiger partial charge in [-0.05, 0) is 12.5 Å². The fourth-order valence-corrected chi connectivity index (χ4v) is 2.61. The average Bonchev–Trinajstić information content (AvgIpc) is 3.17. The van der Waals surface area contributed by atoms with Gasteiger partial charge in [0.15, 0.2) is 0 Å². The molecule has 0 unspecified atom stereocenters. The van der Waals surface area contributed by atoms with Crippen molar-refractivity contribution in [3.63, 3.8) is 0 Å². The number of carbonyl (C=O) groups is 1. The maximum absolute atomic E-state index is 11.7. The Morgan fingerprint density at radius 1 is 1.54 bits per heavy atom. The molecule has 2 N–H and O–H groups in total. The van der Waals surface area contributed by atoms with Crippen molar-refractivity contribution in [1.29, 1.82) is 5.26 Å². The predicted octanol–water partition coefficient (Wildman–Crippen LogP) is 0.880. The molecule has 1 atom stereocenters. The van der Waals surface area contributed by atoms with Crippen LogP contribution in [0.4, 0.5) is 17.5 Å². The molecule has 24 heavy (non-hydrogen) atoms. The van der Waals surface area contributed by atoms with Crippen LogP contribution >= 0.6 is 0 Å². The first-order valence-corrected chi connectivity index (χ1v) is 7.64. The second-order valence-electron chi connectivity index (χ2n) is 5.60. The number of anilines is 3. The van der Waals surface area contributed by atoms with E-state index in [2.05, 4.69) is 25.7 Å². The maximum Gasteiger partial charge on any atom is 0.236 e. The van der Waals surface area contributed by atoms with Crippen molar-refractivity contribution in [2.24, 2.45) is 7.05 Å². The lowest BCUT2D eigenvalue weighted by atomic mass is 10.2. The van der Waals surface area contributed by atoms with Gasteiger partial charge in [-0.1, -0.05) is 0 Å². The number of likely N-dealkylation sites (tertiary alicyclic amines) is 1. The number of carbonyl (C=O) groups excluding carboxylic acids is 1. The lowest BCUT2D eigenvalue weighted by Gasteiger charge is -2.16. The van der Waals surface area contributed by atoms with Gasteiger partial charge in [0.25, 0.3) is 0 Å². The van der Waals surface area contributed by atoms with Gasteiger partial charge in [-0.15, -0.1) is 0 Å². The molecule has 1 aliphatic rings. The van der Waals surface area contributed by atoms with Gasteiger partial charge in [0.2, 0.25) is 11.9 Å². The molecule has 0 bridgehead atoms. The molecule has 9 nitrogen and oxygen atoms in total. The number of aromatic nitrogens is 4. The van der Waals surface area contributed by atoms with Crippen LogP contribution in [0.25, 0.3) is 0 Å². The normalized spacial score (nSPS) is 16.7. The summed E-state index contributed by atoms with van der Waals surface area (Å²) in [6.45, 7) is 1.24. The van der Waals surface area contributed by atoms with Crippen LogP contribution in [0.1, 0.15) is 12.8 Å². The highest BCUT2D eigenvalue weighted by Gasteiger charge is 2.26.